The topological polar surface area (TPSA) is 84.5 Å². The summed E-state index contributed by atoms with van der Waals surface area (Å²) in [5.41, 5.74) is 1.38. The maximum absolute atomic E-state index is 13.3. The lowest BCUT2D eigenvalue weighted by Gasteiger charge is -2.25. The number of halogens is 3. The molecule has 0 radical (unpaired) electrons. The summed E-state index contributed by atoms with van der Waals surface area (Å²) < 4.78 is 40.8. The quantitative estimate of drug-likeness (QED) is 0.215. The molecule has 0 unspecified atom stereocenters. The molecule has 1 N–H and O–H groups in total. The molecule has 198 valence electrons. The molecule has 1 amide bonds. The Kier molecular flexibility index (Phi) is 10.9. The molecule has 3 rings (SSSR count). The second kappa shape index (κ2) is 13.6. The number of nitrogens with zero attached hydrogens (tertiary/aromatic N) is 5. The summed E-state index contributed by atoms with van der Waals surface area (Å²) in [6, 6.07) is 2.01. The third kappa shape index (κ3) is 7.56. The number of amidine groups is 1. The second-order valence-corrected chi connectivity index (χ2v) is 8.00. The van der Waals surface area contributed by atoms with Crippen LogP contribution in [0.25, 0.3) is 11.0 Å². The number of pyridine rings is 1. The molecule has 0 spiro atoms. The van der Waals surface area contributed by atoms with Crippen LogP contribution >= 0.6 is 0 Å². The number of nitrogens with one attached hydrogen (secondary N) is 1. The van der Waals surface area contributed by atoms with E-state index < -0.39 is 12.1 Å². The Balaban J connectivity index is 0.00000222. The summed E-state index contributed by atoms with van der Waals surface area (Å²) in [7, 11) is 0. The van der Waals surface area contributed by atoms with Crippen LogP contribution in [0.15, 0.2) is 53.1 Å². The number of allylic oxidation sites excluding steroid dienone is 1. The van der Waals surface area contributed by atoms with E-state index >= 15 is 0 Å². The van der Waals surface area contributed by atoms with Crippen LogP contribution in [-0.2, 0) is 11.3 Å². The first kappa shape index (κ1) is 28.9. The summed E-state index contributed by atoms with van der Waals surface area (Å²) in [6.45, 7) is 10.7. The van der Waals surface area contributed by atoms with Crippen molar-refractivity contribution >= 4 is 22.8 Å². The number of alkyl halides is 3. The van der Waals surface area contributed by atoms with E-state index in [1.807, 2.05) is 49.2 Å². The molecule has 36 heavy (non-hydrogen) atoms. The average molecular weight is 509 g/mol. The lowest BCUT2D eigenvalue weighted by atomic mass is 10.3. The van der Waals surface area contributed by atoms with E-state index in [2.05, 4.69) is 16.6 Å². The molecule has 1 fully saturated rings. The molecule has 0 aliphatic heterocycles. The first-order valence-electron chi connectivity index (χ1n) is 12.2. The number of rotatable bonds is 11. The van der Waals surface area contributed by atoms with E-state index in [4.69, 9.17) is 0 Å². The highest BCUT2D eigenvalue weighted by molar-refractivity contribution is 5.85. The number of aromatic nitrogens is 3. The van der Waals surface area contributed by atoms with Gasteiger partial charge in [-0.25, -0.2) is 4.79 Å². The molecule has 2 aromatic rings. The Morgan fingerprint density at radius 1 is 1.33 bits per heavy atom. The fraction of sp³-hybridized carbons (Fsp3) is 0.520. The van der Waals surface area contributed by atoms with E-state index in [0.717, 1.165) is 18.4 Å². The van der Waals surface area contributed by atoms with Crippen molar-refractivity contribution in [2.75, 3.05) is 26.2 Å². The lowest BCUT2D eigenvalue weighted by Crippen LogP contribution is -2.41. The van der Waals surface area contributed by atoms with Crippen LogP contribution in [0.3, 0.4) is 0 Å². The number of amides is 1. The fourth-order valence-corrected chi connectivity index (χ4v) is 3.66. The van der Waals surface area contributed by atoms with Crippen molar-refractivity contribution in [2.24, 2.45) is 4.99 Å². The zero-order chi connectivity index (χ0) is 26.7. The minimum absolute atomic E-state index is 0.135. The first-order valence-corrected chi connectivity index (χ1v) is 12.2. The highest BCUT2D eigenvalue weighted by Crippen LogP contribution is 2.36. The van der Waals surface area contributed by atoms with Gasteiger partial charge in [0.2, 0.25) is 0 Å². The molecule has 0 saturated heterocycles. The summed E-state index contributed by atoms with van der Waals surface area (Å²) in [5, 5.41) is 1.89. The van der Waals surface area contributed by atoms with Crippen molar-refractivity contribution in [1.29, 1.82) is 0 Å². The van der Waals surface area contributed by atoms with Gasteiger partial charge < -0.3 is 10.2 Å². The van der Waals surface area contributed by atoms with Crippen LogP contribution in [-0.4, -0.2) is 63.1 Å². The number of fused-ring (bicyclic) bond motifs is 1. The first-order chi connectivity index (χ1) is 17.3. The number of aliphatic imine (C=N–C) groups is 1. The molecular formula is C25H35F3N6O2. The molecule has 0 bridgehead atoms. The number of hydrogen-bond acceptors (Lipinski definition) is 4. The number of carbonyl (C=O) groups excluding carboxylic acids is 1. The summed E-state index contributed by atoms with van der Waals surface area (Å²) in [6.07, 6.45) is 5.98. The van der Waals surface area contributed by atoms with E-state index in [1.165, 1.54) is 0 Å². The van der Waals surface area contributed by atoms with Crippen LogP contribution in [0.1, 0.15) is 46.1 Å². The number of carbonyl (C=O) groups is 1. The molecule has 2 heterocycles. The van der Waals surface area contributed by atoms with Crippen molar-refractivity contribution in [3.8, 4) is 0 Å². The van der Waals surface area contributed by atoms with Crippen LogP contribution in [0.2, 0.25) is 0 Å². The molecule has 0 aromatic carbocycles. The van der Waals surface area contributed by atoms with Gasteiger partial charge in [-0.2, -0.15) is 13.2 Å². The largest absolute Gasteiger partial charge is 0.471 e. The average Bonchev–Trinajstić information content (AvgIpc) is 3.66. The van der Waals surface area contributed by atoms with Crippen molar-refractivity contribution < 1.29 is 18.0 Å². The molecule has 2 aromatic heterocycles. The molecular weight excluding hydrogens is 473 g/mol. The van der Waals surface area contributed by atoms with Crippen molar-refractivity contribution in [2.45, 2.75) is 58.8 Å². The SMILES string of the molecule is C=CCN=C(Cn1c(=O)n(C2CC2)c2ccncc21)N(C/C=C\C)CCCNC(=O)C(F)(F)F.CC. The smallest absolute Gasteiger partial charge is 0.355 e. The highest BCUT2D eigenvalue weighted by Gasteiger charge is 2.38. The third-order valence-electron chi connectivity index (χ3n) is 5.45. The van der Waals surface area contributed by atoms with E-state index in [-0.39, 0.29) is 31.2 Å². The van der Waals surface area contributed by atoms with Gasteiger partial charge in [0.15, 0.2) is 0 Å². The lowest BCUT2D eigenvalue weighted by molar-refractivity contribution is -0.173. The minimum Gasteiger partial charge on any atom is -0.355 e. The molecule has 8 nitrogen and oxygen atoms in total. The van der Waals surface area contributed by atoms with Gasteiger partial charge in [-0.05, 0) is 32.3 Å². The summed E-state index contributed by atoms with van der Waals surface area (Å²) >= 11 is 0. The standard InChI is InChI=1S/C23H29F3N6O2.C2H6/c1-3-5-13-30(14-6-11-29-21(33)23(24,25)26)20(28-10-4-2)16-31-19-15-27-12-9-18(19)32(22(31)34)17-7-8-17;1-2/h3-5,9,12,15,17H,2,6-8,10-11,13-14,16H2,1H3,(H,29,33);1-2H3/b5-3-,28-20?;. The van der Waals surface area contributed by atoms with Crippen molar-refractivity contribution in [3.63, 3.8) is 0 Å². The maximum Gasteiger partial charge on any atom is 0.471 e. The Hall–Kier alpha value is -3.37. The van der Waals surface area contributed by atoms with Crippen LogP contribution in [0, 0.1) is 0 Å². The van der Waals surface area contributed by atoms with Gasteiger partial charge in [0.1, 0.15) is 5.84 Å². The van der Waals surface area contributed by atoms with Gasteiger partial charge in [0.05, 0.1) is 30.3 Å². The predicted molar refractivity (Wildman–Crippen MR) is 136 cm³/mol. The Morgan fingerprint density at radius 2 is 2.06 bits per heavy atom. The van der Waals surface area contributed by atoms with E-state index in [0.29, 0.717) is 31.0 Å². The normalized spacial score (nSPS) is 14.0. The van der Waals surface area contributed by atoms with Crippen LogP contribution in [0.4, 0.5) is 13.2 Å². The van der Waals surface area contributed by atoms with Crippen LogP contribution < -0.4 is 11.0 Å². The minimum atomic E-state index is -4.91. The maximum atomic E-state index is 13.3. The van der Waals surface area contributed by atoms with Gasteiger partial charge in [-0.15, -0.1) is 6.58 Å². The monoisotopic (exact) mass is 508 g/mol. The fourth-order valence-electron chi connectivity index (χ4n) is 3.66. The molecule has 1 saturated carbocycles. The van der Waals surface area contributed by atoms with Gasteiger partial charge >= 0.3 is 17.8 Å². The van der Waals surface area contributed by atoms with E-state index in [1.54, 1.807) is 27.6 Å². The van der Waals surface area contributed by atoms with Crippen molar-refractivity contribution in [1.82, 2.24) is 24.3 Å². The van der Waals surface area contributed by atoms with Gasteiger partial charge in [-0.3, -0.25) is 23.9 Å². The van der Waals surface area contributed by atoms with Gasteiger partial charge in [0.25, 0.3) is 0 Å². The zero-order valence-corrected chi connectivity index (χ0v) is 21.1. The highest BCUT2D eigenvalue weighted by atomic mass is 19.4. The van der Waals surface area contributed by atoms with Gasteiger partial charge in [-0.1, -0.05) is 32.1 Å². The Bertz CT molecular complexity index is 1130. The van der Waals surface area contributed by atoms with E-state index in [9.17, 15) is 22.8 Å². The molecule has 1 aliphatic rings. The summed E-state index contributed by atoms with van der Waals surface area (Å²) in [5.74, 6) is -1.36. The molecule has 0 atom stereocenters. The van der Waals surface area contributed by atoms with Crippen LogP contribution in [0.5, 0.6) is 0 Å². The second-order valence-electron chi connectivity index (χ2n) is 8.00. The third-order valence-corrected chi connectivity index (χ3v) is 5.45. The summed E-state index contributed by atoms with van der Waals surface area (Å²) in [4.78, 5) is 35.0. The molecule has 11 heteroatoms. The Labute approximate surface area is 209 Å². The van der Waals surface area contributed by atoms with Crippen molar-refractivity contribution in [3.05, 3.63) is 53.8 Å². The predicted octanol–water partition coefficient (Wildman–Crippen LogP) is 4.09. The Morgan fingerprint density at radius 3 is 2.67 bits per heavy atom. The number of hydrogen-bond donors (Lipinski definition) is 1. The number of imidazole rings is 1. The zero-order valence-electron chi connectivity index (χ0n) is 21.1. The molecule has 1 aliphatic carbocycles. The van der Waals surface area contributed by atoms with Gasteiger partial charge in [0, 0.05) is 31.9 Å².